The van der Waals surface area contributed by atoms with E-state index in [1.54, 1.807) is 19.1 Å². The second-order valence-electron chi connectivity index (χ2n) is 6.16. The van der Waals surface area contributed by atoms with Gasteiger partial charge in [-0.05, 0) is 31.2 Å². The number of hydrogen-bond acceptors (Lipinski definition) is 9. The number of carbonyl (C=O) groups is 3. The van der Waals surface area contributed by atoms with Gasteiger partial charge in [-0.15, -0.1) is 11.3 Å². The number of rotatable bonds is 4. The highest BCUT2D eigenvalue weighted by Crippen LogP contribution is 2.27. The van der Waals surface area contributed by atoms with Gasteiger partial charge in [0.2, 0.25) is 0 Å². The minimum Gasteiger partial charge on any atom is -0.360 e. The second-order valence-corrected chi connectivity index (χ2v) is 8.29. The normalized spacial score (nSPS) is 14.7. The zero-order valence-electron chi connectivity index (χ0n) is 15.5. The van der Waals surface area contributed by atoms with Gasteiger partial charge in [-0.25, -0.2) is 9.37 Å². The van der Waals surface area contributed by atoms with Crippen LogP contribution in [0.2, 0.25) is 0 Å². The van der Waals surface area contributed by atoms with Crippen molar-refractivity contribution in [1.29, 1.82) is 0 Å². The Hall–Kier alpha value is -3.18. The summed E-state index contributed by atoms with van der Waals surface area (Å²) in [6.07, 6.45) is 5.85. The van der Waals surface area contributed by atoms with Crippen molar-refractivity contribution in [2.45, 2.75) is 6.92 Å². The monoisotopic (exact) mass is 444 g/mol. The molecule has 3 aromatic heterocycles. The topological polar surface area (TPSA) is 106 Å². The van der Waals surface area contributed by atoms with Crippen LogP contribution in [0.1, 0.15) is 26.0 Å². The summed E-state index contributed by atoms with van der Waals surface area (Å²) in [4.78, 5) is 45.4. The van der Waals surface area contributed by atoms with Crippen molar-refractivity contribution in [3.63, 3.8) is 0 Å². The lowest BCUT2D eigenvalue weighted by atomic mass is 10.1. The molecule has 0 saturated carbocycles. The molecule has 4 rings (SSSR count). The quantitative estimate of drug-likeness (QED) is 0.447. The van der Waals surface area contributed by atoms with Crippen LogP contribution in [-0.2, 0) is 9.59 Å². The zero-order valence-corrected chi connectivity index (χ0v) is 17.1. The Morgan fingerprint density at radius 3 is 2.83 bits per heavy atom. The molecule has 0 bridgehead atoms. The number of aryl methyl sites for hydroxylation is 1. The molecule has 0 spiro atoms. The molecule has 0 N–H and O–H groups in total. The van der Waals surface area contributed by atoms with E-state index in [2.05, 4.69) is 15.1 Å². The van der Waals surface area contributed by atoms with Crippen molar-refractivity contribution in [3.05, 3.63) is 51.6 Å². The molecule has 1 fully saturated rings. The summed E-state index contributed by atoms with van der Waals surface area (Å²) in [7, 11) is 0. The van der Waals surface area contributed by atoms with Gasteiger partial charge in [-0.2, -0.15) is 0 Å². The van der Waals surface area contributed by atoms with Gasteiger partial charge in [0.25, 0.3) is 11.0 Å². The molecule has 0 unspecified atom stereocenters. The highest BCUT2D eigenvalue weighted by Gasteiger charge is 2.33. The van der Waals surface area contributed by atoms with Crippen LogP contribution >= 0.6 is 23.1 Å². The molecular formula is C19H13FN4O4S2. The maximum absolute atomic E-state index is 13.1. The smallest absolute Gasteiger partial charge is 0.308 e. The number of carbonyl (C=O) groups excluding carboxylic acids is 3. The predicted molar refractivity (Wildman–Crippen MR) is 109 cm³/mol. The fourth-order valence-electron chi connectivity index (χ4n) is 2.72. The number of thiazole rings is 1. The standard InChI is InChI=1S/C19H13FN4O4S2/c1-10-12(16(23-28-10)13-4-2-11(20)8-21-13)3-5-15-22-9-14(30-15)17(25)24-6-7-29-19(27)18(24)26/h2-5,8-9H,6-7H2,1H3/b5-3+. The van der Waals surface area contributed by atoms with Crippen LogP contribution in [0.15, 0.2) is 29.0 Å². The molecular weight excluding hydrogens is 431 g/mol. The van der Waals surface area contributed by atoms with Crippen LogP contribution in [-0.4, -0.2) is 49.3 Å². The van der Waals surface area contributed by atoms with Crippen LogP contribution < -0.4 is 0 Å². The number of imide groups is 1. The number of thioether (sulfide) groups is 1. The van der Waals surface area contributed by atoms with Gasteiger partial charge < -0.3 is 4.52 Å². The summed E-state index contributed by atoms with van der Waals surface area (Å²) < 4.78 is 18.4. The zero-order chi connectivity index (χ0) is 21.3. The number of hydrogen-bond donors (Lipinski definition) is 0. The number of amides is 2. The van der Waals surface area contributed by atoms with Gasteiger partial charge in [0.1, 0.15) is 27.2 Å². The number of aromatic nitrogens is 3. The highest BCUT2D eigenvalue weighted by atomic mass is 32.2. The molecule has 1 saturated heterocycles. The number of halogens is 1. The van der Waals surface area contributed by atoms with Crippen LogP contribution in [0, 0.1) is 12.7 Å². The summed E-state index contributed by atoms with van der Waals surface area (Å²) in [5, 5.41) is 3.86. The van der Waals surface area contributed by atoms with E-state index >= 15 is 0 Å². The first-order valence-electron chi connectivity index (χ1n) is 8.69. The summed E-state index contributed by atoms with van der Waals surface area (Å²) >= 11 is 2.00. The van der Waals surface area contributed by atoms with Gasteiger partial charge >= 0.3 is 5.91 Å². The molecule has 11 heteroatoms. The third kappa shape index (κ3) is 3.94. The van der Waals surface area contributed by atoms with Gasteiger partial charge in [0, 0.05) is 17.9 Å². The van der Waals surface area contributed by atoms with Crippen molar-refractivity contribution in [3.8, 4) is 11.4 Å². The van der Waals surface area contributed by atoms with E-state index in [9.17, 15) is 18.8 Å². The van der Waals surface area contributed by atoms with Crippen LogP contribution in [0.25, 0.3) is 23.5 Å². The van der Waals surface area contributed by atoms with E-state index in [1.165, 1.54) is 18.3 Å². The minimum atomic E-state index is -0.807. The summed E-state index contributed by atoms with van der Waals surface area (Å²) in [6, 6.07) is 2.78. The van der Waals surface area contributed by atoms with E-state index in [0.717, 1.165) is 34.2 Å². The average molecular weight is 444 g/mol. The molecule has 2 amide bonds. The molecule has 0 atom stereocenters. The van der Waals surface area contributed by atoms with Crippen molar-refractivity contribution in [1.82, 2.24) is 20.0 Å². The third-order valence-corrected chi connectivity index (χ3v) is 5.99. The van der Waals surface area contributed by atoms with Gasteiger partial charge in [0.15, 0.2) is 0 Å². The molecule has 0 aromatic carbocycles. The molecule has 0 radical (unpaired) electrons. The first-order valence-corrected chi connectivity index (χ1v) is 10.5. The van der Waals surface area contributed by atoms with Gasteiger partial charge in [0.05, 0.1) is 18.1 Å². The Balaban J connectivity index is 1.55. The number of pyridine rings is 1. The van der Waals surface area contributed by atoms with Crippen LogP contribution in [0.5, 0.6) is 0 Å². The summed E-state index contributed by atoms with van der Waals surface area (Å²) in [5.74, 6) is -0.880. The Morgan fingerprint density at radius 1 is 1.23 bits per heavy atom. The Morgan fingerprint density at radius 2 is 2.07 bits per heavy atom. The lowest BCUT2D eigenvalue weighted by Crippen LogP contribution is -2.44. The van der Waals surface area contributed by atoms with Crippen molar-refractivity contribution in [2.24, 2.45) is 0 Å². The van der Waals surface area contributed by atoms with Crippen LogP contribution in [0.3, 0.4) is 0 Å². The number of nitrogens with zero attached hydrogens (tertiary/aromatic N) is 4. The van der Waals surface area contributed by atoms with E-state index in [-0.39, 0.29) is 11.4 Å². The SMILES string of the molecule is Cc1onc(-c2ccc(F)cn2)c1/C=C/c1ncc(C(=O)N2CCSC(=O)C2=O)s1. The molecule has 1 aliphatic heterocycles. The van der Waals surface area contributed by atoms with Crippen molar-refractivity contribution in [2.75, 3.05) is 12.3 Å². The molecule has 3 aromatic rings. The fraction of sp³-hybridized carbons (Fsp3) is 0.158. The molecule has 0 aliphatic carbocycles. The largest absolute Gasteiger partial charge is 0.360 e. The molecule has 8 nitrogen and oxygen atoms in total. The fourth-order valence-corrected chi connectivity index (χ4v) is 4.19. The van der Waals surface area contributed by atoms with E-state index in [4.69, 9.17) is 4.52 Å². The molecule has 152 valence electrons. The minimum absolute atomic E-state index is 0.186. The highest BCUT2D eigenvalue weighted by molar-refractivity contribution is 8.15. The molecule has 1 aliphatic rings. The maximum Gasteiger partial charge on any atom is 0.308 e. The predicted octanol–water partition coefficient (Wildman–Crippen LogP) is 3.05. The van der Waals surface area contributed by atoms with E-state index in [1.807, 2.05) is 0 Å². The van der Waals surface area contributed by atoms with Crippen LogP contribution in [0.4, 0.5) is 4.39 Å². The molecule has 30 heavy (non-hydrogen) atoms. The first-order chi connectivity index (χ1) is 14.4. The first kappa shape index (κ1) is 20.1. The summed E-state index contributed by atoms with van der Waals surface area (Å²) in [6.45, 7) is 1.92. The van der Waals surface area contributed by atoms with Gasteiger partial charge in [-0.3, -0.25) is 24.3 Å². The molecule has 4 heterocycles. The van der Waals surface area contributed by atoms with Gasteiger partial charge in [-0.1, -0.05) is 16.9 Å². The van der Waals surface area contributed by atoms with Crippen molar-refractivity contribution >= 4 is 52.2 Å². The average Bonchev–Trinajstić information content (AvgIpc) is 3.35. The lowest BCUT2D eigenvalue weighted by Gasteiger charge is -2.22. The summed E-state index contributed by atoms with van der Waals surface area (Å²) in [5.41, 5.74) is 1.55. The lowest BCUT2D eigenvalue weighted by molar-refractivity contribution is -0.138. The third-order valence-electron chi connectivity index (χ3n) is 4.22. The van der Waals surface area contributed by atoms with E-state index in [0.29, 0.717) is 33.5 Å². The van der Waals surface area contributed by atoms with E-state index < -0.39 is 22.7 Å². The Kier molecular flexibility index (Phi) is 5.55. The Bertz CT molecular complexity index is 1170. The maximum atomic E-state index is 13.1. The second kappa shape index (κ2) is 8.28. The van der Waals surface area contributed by atoms with Crippen molar-refractivity contribution < 1.29 is 23.3 Å². The Labute approximate surface area is 177 Å².